The molecular weight excluding hydrogens is 431 g/mol. The quantitative estimate of drug-likeness (QED) is 0.441. The van der Waals surface area contributed by atoms with E-state index in [9.17, 15) is 18.8 Å². The first-order valence-electron chi connectivity index (χ1n) is 12.1. The highest BCUT2D eigenvalue weighted by Gasteiger charge is 2.41. The molecule has 2 amide bonds. The van der Waals surface area contributed by atoms with Crippen molar-refractivity contribution in [2.75, 3.05) is 0 Å². The second-order valence-corrected chi connectivity index (χ2v) is 9.34. The van der Waals surface area contributed by atoms with Gasteiger partial charge in [0.25, 0.3) is 0 Å². The van der Waals surface area contributed by atoms with Crippen LogP contribution in [0.5, 0.6) is 0 Å². The van der Waals surface area contributed by atoms with Gasteiger partial charge in [0, 0.05) is 23.7 Å². The Morgan fingerprint density at radius 1 is 0.912 bits per heavy atom. The van der Waals surface area contributed by atoms with Gasteiger partial charge in [-0.25, -0.2) is 4.39 Å². The summed E-state index contributed by atoms with van der Waals surface area (Å²) in [4.78, 5) is 40.9. The number of carbonyl (C=O) groups is 3. The molecule has 178 valence electrons. The highest BCUT2D eigenvalue weighted by atomic mass is 19.1. The lowest BCUT2D eigenvalue weighted by atomic mass is 9.94. The van der Waals surface area contributed by atoms with Crippen LogP contribution in [0.4, 0.5) is 4.39 Å². The Morgan fingerprint density at radius 3 is 2.18 bits per heavy atom. The number of nitrogens with zero attached hydrogens (tertiary/aromatic N) is 1. The van der Waals surface area contributed by atoms with Gasteiger partial charge in [0.15, 0.2) is 5.78 Å². The van der Waals surface area contributed by atoms with Crippen molar-refractivity contribution < 1.29 is 18.8 Å². The predicted molar refractivity (Wildman–Crippen MR) is 129 cm³/mol. The molecule has 0 radical (unpaired) electrons. The van der Waals surface area contributed by atoms with Crippen LogP contribution in [-0.4, -0.2) is 34.6 Å². The summed E-state index contributed by atoms with van der Waals surface area (Å²) >= 11 is 0. The lowest BCUT2D eigenvalue weighted by Crippen LogP contribution is -2.47. The van der Waals surface area contributed by atoms with Gasteiger partial charge in [-0.05, 0) is 56.4 Å². The molecule has 1 atom stereocenters. The fourth-order valence-electron chi connectivity index (χ4n) is 4.53. The third-order valence-electron chi connectivity index (χ3n) is 6.57. The lowest BCUT2D eigenvalue weighted by Gasteiger charge is -2.33. The first-order chi connectivity index (χ1) is 16.4. The molecule has 1 unspecified atom stereocenters. The number of benzene rings is 2. The molecule has 2 aliphatic carbocycles. The molecule has 4 rings (SSSR count). The number of carbonyl (C=O) groups excluding carboxylic acids is 3. The molecule has 2 saturated carbocycles. The minimum Gasteiger partial charge on any atom is -0.351 e. The van der Waals surface area contributed by atoms with E-state index >= 15 is 0 Å². The van der Waals surface area contributed by atoms with Crippen LogP contribution in [0.15, 0.2) is 60.7 Å². The molecule has 0 bridgehead atoms. The third-order valence-corrected chi connectivity index (χ3v) is 6.57. The highest BCUT2D eigenvalue weighted by molar-refractivity contribution is 6.08. The summed E-state index contributed by atoms with van der Waals surface area (Å²) in [6.07, 6.45) is 9.26. The molecule has 0 spiro atoms. The summed E-state index contributed by atoms with van der Waals surface area (Å²) in [7, 11) is 0. The van der Waals surface area contributed by atoms with Gasteiger partial charge in [-0.15, -0.1) is 0 Å². The Labute approximate surface area is 200 Å². The Balaban J connectivity index is 1.58. The average Bonchev–Trinajstić information content (AvgIpc) is 3.67. The van der Waals surface area contributed by atoms with Crippen molar-refractivity contribution in [3.8, 4) is 0 Å². The Morgan fingerprint density at radius 2 is 1.56 bits per heavy atom. The monoisotopic (exact) mass is 462 g/mol. The fraction of sp³-hybridized carbons (Fsp3) is 0.393. The maximum atomic E-state index is 13.6. The maximum absolute atomic E-state index is 13.6. The van der Waals surface area contributed by atoms with Crippen LogP contribution in [0.3, 0.4) is 0 Å². The van der Waals surface area contributed by atoms with E-state index in [2.05, 4.69) is 5.32 Å². The zero-order valence-electron chi connectivity index (χ0n) is 19.5. The van der Waals surface area contributed by atoms with E-state index in [1.54, 1.807) is 29.2 Å². The smallest absolute Gasteiger partial charge is 0.247 e. The Bertz CT molecular complexity index is 1050. The number of aryl methyl sites for hydroxylation is 1. The van der Waals surface area contributed by atoms with Gasteiger partial charge in [0.1, 0.15) is 11.9 Å². The number of halogens is 1. The molecule has 2 fully saturated rings. The van der Waals surface area contributed by atoms with Crippen LogP contribution >= 0.6 is 0 Å². The number of hydrogen-bond acceptors (Lipinski definition) is 3. The summed E-state index contributed by atoms with van der Waals surface area (Å²) in [6, 6.07) is 12.0. The standard InChI is InChI=1S/C28H31FN2O3/c1-19-7-9-20(10-8-19)25(32)17-18-26(33)31(24-15-16-24)27(21-11-13-22(29)14-12-21)28(34)30-23-5-3-2-4-6-23/h7-14,17-18,23-24,27H,2-6,15-16H2,1H3,(H,30,34)/b18-17+. The third kappa shape index (κ3) is 5.99. The van der Waals surface area contributed by atoms with Crippen molar-refractivity contribution in [3.05, 3.63) is 83.2 Å². The molecule has 0 heterocycles. The molecule has 1 N–H and O–H groups in total. The van der Waals surface area contributed by atoms with Gasteiger partial charge in [-0.2, -0.15) is 0 Å². The highest BCUT2D eigenvalue weighted by Crippen LogP contribution is 2.35. The van der Waals surface area contributed by atoms with Crippen molar-refractivity contribution in [1.82, 2.24) is 10.2 Å². The van der Waals surface area contributed by atoms with E-state index in [0.29, 0.717) is 11.1 Å². The predicted octanol–water partition coefficient (Wildman–Crippen LogP) is 5.05. The van der Waals surface area contributed by atoms with Gasteiger partial charge in [0.2, 0.25) is 11.8 Å². The summed E-state index contributed by atoms with van der Waals surface area (Å²) in [5.41, 5.74) is 2.11. The first kappa shape index (κ1) is 23.9. The number of hydrogen-bond donors (Lipinski definition) is 1. The van der Waals surface area contributed by atoms with Crippen LogP contribution in [0.25, 0.3) is 0 Å². The molecule has 5 nitrogen and oxygen atoms in total. The molecular formula is C28H31FN2O3. The molecule has 0 aromatic heterocycles. The van der Waals surface area contributed by atoms with Gasteiger partial charge in [0.05, 0.1) is 0 Å². The van der Waals surface area contributed by atoms with Crippen molar-refractivity contribution in [2.45, 2.75) is 70.0 Å². The zero-order valence-corrected chi connectivity index (χ0v) is 19.5. The van der Waals surface area contributed by atoms with E-state index in [-0.39, 0.29) is 23.8 Å². The fourth-order valence-corrected chi connectivity index (χ4v) is 4.53. The number of rotatable bonds is 8. The lowest BCUT2D eigenvalue weighted by molar-refractivity contribution is -0.138. The van der Waals surface area contributed by atoms with Crippen LogP contribution in [-0.2, 0) is 9.59 Å². The summed E-state index contributed by atoms with van der Waals surface area (Å²) in [5.74, 6) is -1.31. The van der Waals surface area contributed by atoms with Crippen molar-refractivity contribution in [3.63, 3.8) is 0 Å². The van der Waals surface area contributed by atoms with Crippen molar-refractivity contribution in [2.24, 2.45) is 0 Å². The molecule has 6 heteroatoms. The second kappa shape index (κ2) is 10.8. The molecule has 0 saturated heterocycles. The first-order valence-corrected chi connectivity index (χ1v) is 12.1. The largest absolute Gasteiger partial charge is 0.351 e. The van der Waals surface area contributed by atoms with E-state index < -0.39 is 17.8 Å². The summed E-state index contributed by atoms with van der Waals surface area (Å²) in [5, 5.41) is 3.13. The Hall–Kier alpha value is -3.28. The molecule has 2 aliphatic rings. The normalized spacial score (nSPS) is 17.4. The van der Waals surface area contributed by atoms with Crippen LogP contribution in [0, 0.1) is 12.7 Å². The molecule has 2 aromatic rings. The zero-order chi connectivity index (χ0) is 24.1. The molecule has 34 heavy (non-hydrogen) atoms. The summed E-state index contributed by atoms with van der Waals surface area (Å²) in [6.45, 7) is 1.94. The molecule has 2 aromatic carbocycles. The molecule has 0 aliphatic heterocycles. The number of amides is 2. The van der Waals surface area contributed by atoms with Crippen molar-refractivity contribution >= 4 is 17.6 Å². The van der Waals surface area contributed by atoms with Gasteiger partial charge in [-0.3, -0.25) is 14.4 Å². The van der Waals surface area contributed by atoms with Crippen LogP contribution in [0.2, 0.25) is 0 Å². The number of allylic oxidation sites excluding steroid dienone is 1. The van der Waals surface area contributed by atoms with E-state index in [4.69, 9.17) is 0 Å². The minimum absolute atomic E-state index is 0.0824. The second-order valence-electron chi connectivity index (χ2n) is 9.34. The number of nitrogens with one attached hydrogen (secondary N) is 1. The van der Waals surface area contributed by atoms with E-state index in [0.717, 1.165) is 44.1 Å². The van der Waals surface area contributed by atoms with Gasteiger partial charge in [-0.1, -0.05) is 61.2 Å². The average molecular weight is 463 g/mol. The Kier molecular flexibility index (Phi) is 7.56. The minimum atomic E-state index is -0.873. The van der Waals surface area contributed by atoms with Crippen molar-refractivity contribution in [1.29, 1.82) is 0 Å². The van der Waals surface area contributed by atoms with E-state index in [1.165, 1.54) is 30.7 Å². The number of ketones is 1. The van der Waals surface area contributed by atoms with E-state index in [1.807, 2.05) is 19.1 Å². The SMILES string of the molecule is Cc1ccc(C(=O)/C=C/C(=O)N(C2CC2)C(C(=O)NC2CCCCC2)c2ccc(F)cc2)cc1. The topological polar surface area (TPSA) is 66.5 Å². The van der Waals surface area contributed by atoms with Crippen LogP contribution in [0.1, 0.15) is 72.5 Å². The van der Waals surface area contributed by atoms with Gasteiger partial charge >= 0.3 is 0 Å². The summed E-state index contributed by atoms with van der Waals surface area (Å²) < 4.78 is 13.6. The van der Waals surface area contributed by atoms with Gasteiger partial charge < -0.3 is 10.2 Å². The maximum Gasteiger partial charge on any atom is 0.247 e. The van der Waals surface area contributed by atoms with Crippen LogP contribution < -0.4 is 5.32 Å².